The molecule has 0 aliphatic heterocycles. The molecule has 0 aliphatic rings. The highest BCUT2D eigenvalue weighted by Gasteiger charge is 2.14. The topological polar surface area (TPSA) is 84.5 Å². The molecule has 3 rings (SSSR count). The minimum atomic E-state index is -3.61. The van der Waals surface area contributed by atoms with Crippen molar-refractivity contribution in [1.29, 1.82) is 0 Å². The molecular formula is C23H26N2O4S. The molecule has 0 radical (unpaired) electrons. The Morgan fingerprint density at radius 2 is 1.67 bits per heavy atom. The van der Waals surface area contributed by atoms with Crippen LogP contribution in [0.5, 0.6) is 5.75 Å². The van der Waals surface area contributed by atoms with Crippen molar-refractivity contribution in [2.45, 2.75) is 24.2 Å². The van der Waals surface area contributed by atoms with Gasteiger partial charge in [0.2, 0.25) is 15.9 Å². The number of methoxy groups -OCH3 is 1. The summed E-state index contributed by atoms with van der Waals surface area (Å²) >= 11 is 0. The van der Waals surface area contributed by atoms with Crippen molar-refractivity contribution in [2.24, 2.45) is 0 Å². The van der Waals surface area contributed by atoms with Crippen LogP contribution in [0.3, 0.4) is 0 Å². The van der Waals surface area contributed by atoms with E-state index in [1.54, 1.807) is 25.3 Å². The predicted molar refractivity (Wildman–Crippen MR) is 118 cm³/mol. The molecule has 7 heteroatoms. The standard InChI is InChI=1S/C23H26N2O4S/c1-29-22-10-5-4-8-19(22)14-16-24-23(26)11-6-15-25-30(27,28)21-13-12-18-7-2-3-9-20(18)17-21/h2-5,7-10,12-13,17,25H,6,11,14-16H2,1H3,(H,24,26). The summed E-state index contributed by atoms with van der Waals surface area (Å²) in [5, 5.41) is 4.72. The smallest absolute Gasteiger partial charge is 0.240 e. The molecule has 0 saturated carbocycles. The van der Waals surface area contributed by atoms with Crippen molar-refractivity contribution in [3.8, 4) is 5.75 Å². The van der Waals surface area contributed by atoms with Gasteiger partial charge in [-0.2, -0.15) is 0 Å². The molecule has 3 aromatic rings. The van der Waals surface area contributed by atoms with Gasteiger partial charge in [0.25, 0.3) is 0 Å². The van der Waals surface area contributed by atoms with Gasteiger partial charge in [-0.1, -0.05) is 48.5 Å². The normalized spacial score (nSPS) is 11.4. The van der Waals surface area contributed by atoms with Crippen LogP contribution in [0.25, 0.3) is 10.8 Å². The first-order valence-corrected chi connectivity index (χ1v) is 11.3. The van der Waals surface area contributed by atoms with Crippen molar-refractivity contribution in [3.63, 3.8) is 0 Å². The monoisotopic (exact) mass is 426 g/mol. The van der Waals surface area contributed by atoms with Crippen LogP contribution >= 0.6 is 0 Å². The zero-order valence-corrected chi connectivity index (χ0v) is 17.7. The van der Waals surface area contributed by atoms with E-state index in [9.17, 15) is 13.2 Å². The van der Waals surface area contributed by atoms with Crippen molar-refractivity contribution >= 4 is 26.7 Å². The Morgan fingerprint density at radius 3 is 2.47 bits per heavy atom. The molecule has 3 aromatic carbocycles. The van der Waals surface area contributed by atoms with E-state index in [0.29, 0.717) is 19.4 Å². The lowest BCUT2D eigenvalue weighted by Gasteiger charge is -2.10. The number of ether oxygens (including phenoxy) is 1. The minimum absolute atomic E-state index is 0.102. The second-order valence-electron chi connectivity index (χ2n) is 6.92. The van der Waals surface area contributed by atoms with Crippen LogP contribution in [-0.4, -0.2) is 34.5 Å². The van der Waals surface area contributed by atoms with Gasteiger partial charge in [0, 0.05) is 19.5 Å². The largest absolute Gasteiger partial charge is 0.496 e. The lowest BCUT2D eigenvalue weighted by Crippen LogP contribution is -2.28. The first-order valence-electron chi connectivity index (χ1n) is 9.87. The van der Waals surface area contributed by atoms with E-state index in [-0.39, 0.29) is 23.8 Å². The van der Waals surface area contributed by atoms with E-state index < -0.39 is 10.0 Å². The summed E-state index contributed by atoms with van der Waals surface area (Å²) in [5.74, 6) is 0.699. The van der Waals surface area contributed by atoms with Crippen LogP contribution in [0.15, 0.2) is 71.6 Å². The average molecular weight is 427 g/mol. The number of sulfonamides is 1. The van der Waals surface area contributed by atoms with Gasteiger partial charge in [0.15, 0.2) is 0 Å². The van der Waals surface area contributed by atoms with Gasteiger partial charge in [-0.3, -0.25) is 4.79 Å². The highest BCUT2D eigenvalue weighted by molar-refractivity contribution is 7.89. The first kappa shape index (κ1) is 21.8. The number of carbonyl (C=O) groups excluding carboxylic acids is 1. The van der Waals surface area contributed by atoms with Crippen LogP contribution in [0.4, 0.5) is 0 Å². The molecule has 2 N–H and O–H groups in total. The molecule has 0 aliphatic carbocycles. The number of hydrogen-bond acceptors (Lipinski definition) is 4. The summed E-state index contributed by atoms with van der Waals surface area (Å²) in [7, 11) is -1.98. The van der Waals surface area contributed by atoms with Gasteiger partial charge < -0.3 is 10.1 Å². The highest BCUT2D eigenvalue weighted by atomic mass is 32.2. The Bertz CT molecular complexity index is 1110. The fourth-order valence-electron chi connectivity index (χ4n) is 3.21. The quantitative estimate of drug-likeness (QED) is 0.488. The predicted octanol–water partition coefficient (Wildman–Crippen LogP) is 3.27. The van der Waals surface area contributed by atoms with Crippen molar-refractivity contribution < 1.29 is 17.9 Å². The molecule has 0 saturated heterocycles. The van der Waals surface area contributed by atoms with Crippen molar-refractivity contribution in [3.05, 3.63) is 72.3 Å². The minimum Gasteiger partial charge on any atom is -0.496 e. The molecule has 1 amide bonds. The number of carbonyl (C=O) groups is 1. The van der Waals surface area contributed by atoms with Crippen LogP contribution in [-0.2, 0) is 21.2 Å². The van der Waals surface area contributed by atoms with Gasteiger partial charge in [-0.05, 0) is 47.4 Å². The summed E-state index contributed by atoms with van der Waals surface area (Å²) < 4.78 is 32.8. The van der Waals surface area contributed by atoms with E-state index in [1.165, 1.54) is 0 Å². The Balaban J connectivity index is 1.41. The number of nitrogens with one attached hydrogen (secondary N) is 2. The molecule has 6 nitrogen and oxygen atoms in total. The summed E-state index contributed by atoms with van der Waals surface area (Å²) in [6.45, 7) is 0.705. The van der Waals surface area contributed by atoms with Crippen molar-refractivity contribution in [2.75, 3.05) is 20.2 Å². The van der Waals surface area contributed by atoms with Crippen LogP contribution in [0.2, 0.25) is 0 Å². The maximum atomic E-state index is 12.5. The van der Waals surface area contributed by atoms with Crippen molar-refractivity contribution in [1.82, 2.24) is 10.0 Å². The van der Waals surface area contributed by atoms with Crippen LogP contribution in [0, 0.1) is 0 Å². The van der Waals surface area contributed by atoms with E-state index in [1.807, 2.05) is 48.5 Å². The Hall–Kier alpha value is -2.90. The molecule has 0 spiro atoms. The second kappa shape index (κ2) is 10.2. The third kappa shape index (κ3) is 5.81. The number of para-hydroxylation sites is 1. The van der Waals surface area contributed by atoms with Gasteiger partial charge in [-0.15, -0.1) is 0 Å². The van der Waals surface area contributed by atoms with Gasteiger partial charge in [-0.25, -0.2) is 13.1 Å². The maximum Gasteiger partial charge on any atom is 0.240 e. The summed E-state index contributed by atoms with van der Waals surface area (Å²) in [6, 6.07) is 20.3. The molecule has 0 heterocycles. The third-order valence-electron chi connectivity index (χ3n) is 4.81. The number of hydrogen-bond donors (Lipinski definition) is 2. The van der Waals surface area contributed by atoms with E-state index in [2.05, 4.69) is 10.0 Å². The molecule has 0 atom stereocenters. The highest BCUT2D eigenvalue weighted by Crippen LogP contribution is 2.19. The fourth-order valence-corrected chi connectivity index (χ4v) is 4.32. The molecule has 0 fully saturated rings. The van der Waals surface area contributed by atoms with E-state index in [0.717, 1.165) is 22.1 Å². The van der Waals surface area contributed by atoms with Gasteiger partial charge >= 0.3 is 0 Å². The molecular weight excluding hydrogens is 400 g/mol. The number of rotatable bonds is 10. The molecule has 0 aromatic heterocycles. The average Bonchev–Trinajstić information content (AvgIpc) is 2.76. The number of fused-ring (bicyclic) bond motifs is 1. The fraction of sp³-hybridized carbons (Fsp3) is 0.261. The van der Waals surface area contributed by atoms with Gasteiger partial charge in [0.1, 0.15) is 5.75 Å². The zero-order chi connectivity index (χ0) is 21.4. The molecule has 0 bridgehead atoms. The lowest BCUT2D eigenvalue weighted by molar-refractivity contribution is -0.121. The van der Waals surface area contributed by atoms with Crippen LogP contribution < -0.4 is 14.8 Å². The first-order chi connectivity index (χ1) is 14.5. The Kier molecular flexibility index (Phi) is 7.43. The zero-order valence-electron chi connectivity index (χ0n) is 16.9. The second-order valence-corrected chi connectivity index (χ2v) is 8.69. The SMILES string of the molecule is COc1ccccc1CCNC(=O)CCCNS(=O)(=O)c1ccc2ccccc2c1. The molecule has 30 heavy (non-hydrogen) atoms. The summed E-state index contributed by atoms with van der Waals surface area (Å²) in [5.41, 5.74) is 1.03. The third-order valence-corrected chi connectivity index (χ3v) is 6.27. The number of amides is 1. The van der Waals surface area contributed by atoms with E-state index in [4.69, 9.17) is 4.74 Å². The van der Waals surface area contributed by atoms with E-state index >= 15 is 0 Å². The molecule has 0 unspecified atom stereocenters. The Morgan fingerprint density at radius 1 is 0.933 bits per heavy atom. The lowest BCUT2D eigenvalue weighted by atomic mass is 10.1. The van der Waals surface area contributed by atoms with Crippen LogP contribution in [0.1, 0.15) is 18.4 Å². The maximum absolute atomic E-state index is 12.5. The summed E-state index contributed by atoms with van der Waals surface area (Å²) in [4.78, 5) is 12.2. The van der Waals surface area contributed by atoms with Gasteiger partial charge in [0.05, 0.1) is 12.0 Å². The number of benzene rings is 3. The molecule has 158 valence electrons. The Labute approximate surface area is 177 Å². The summed E-state index contributed by atoms with van der Waals surface area (Å²) in [6.07, 6.45) is 1.35.